The lowest BCUT2D eigenvalue weighted by Gasteiger charge is -2.00. The van der Waals surface area contributed by atoms with Crippen LogP contribution in [0.1, 0.15) is 32.5 Å². The highest BCUT2D eigenvalue weighted by Gasteiger charge is 2.02. The van der Waals surface area contributed by atoms with Crippen molar-refractivity contribution in [2.45, 2.75) is 39.7 Å². The van der Waals surface area contributed by atoms with Crippen LogP contribution in [0.2, 0.25) is 0 Å². The van der Waals surface area contributed by atoms with E-state index in [1.54, 1.807) is 0 Å². The van der Waals surface area contributed by atoms with E-state index in [4.69, 9.17) is 12.2 Å². The van der Waals surface area contributed by atoms with Gasteiger partial charge in [-0.05, 0) is 25.6 Å². The highest BCUT2D eigenvalue weighted by Crippen LogP contribution is 2.02. The van der Waals surface area contributed by atoms with Crippen molar-refractivity contribution < 1.29 is 0 Å². The van der Waals surface area contributed by atoms with Gasteiger partial charge in [0.15, 0.2) is 4.77 Å². The smallest absolute Gasteiger partial charge is 0.195 e. The number of aryl methyl sites for hydroxylation is 1. The van der Waals surface area contributed by atoms with Crippen molar-refractivity contribution >= 4 is 12.2 Å². The third-order valence-electron chi connectivity index (χ3n) is 1.91. The average molecular weight is 185 g/mol. The molecule has 0 radical (unpaired) electrons. The Labute approximate surface area is 77.8 Å². The zero-order valence-corrected chi connectivity index (χ0v) is 8.45. The lowest BCUT2D eigenvalue weighted by atomic mass is 10.2. The van der Waals surface area contributed by atoms with Crippen LogP contribution in [-0.2, 0) is 13.0 Å². The van der Waals surface area contributed by atoms with Crippen molar-refractivity contribution in [1.82, 2.24) is 14.8 Å². The van der Waals surface area contributed by atoms with Crippen LogP contribution >= 0.6 is 12.2 Å². The minimum atomic E-state index is 0.739. The van der Waals surface area contributed by atoms with E-state index < -0.39 is 0 Å². The van der Waals surface area contributed by atoms with Crippen molar-refractivity contribution in [3.8, 4) is 0 Å². The third kappa shape index (κ3) is 1.94. The van der Waals surface area contributed by atoms with Crippen LogP contribution in [0, 0.1) is 4.77 Å². The monoisotopic (exact) mass is 185 g/mol. The Morgan fingerprint density at radius 1 is 1.50 bits per heavy atom. The van der Waals surface area contributed by atoms with Gasteiger partial charge in [0, 0.05) is 13.0 Å². The molecule has 0 atom stereocenters. The molecule has 0 amide bonds. The van der Waals surface area contributed by atoms with Gasteiger partial charge in [0.05, 0.1) is 0 Å². The Hall–Kier alpha value is -0.640. The van der Waals surface area contributed by atoms with Crippen molar-refractivity contribution in [2.24, 2.45) is 0 Å². The van der Waals surface area contributed by atoms with Gasteiger partial charge in [0.2, 0.25) is 0 Å². The minimum absolute atomic E-state index is 0.739. The molecular weight excluding hydrogens is 170 g/mol. The molecule has 4 heteroatoms. The van der Waals surface area contributed by atoms with Crippen LogP contribution in [0.3, 0.4) is 0 Å². The molecule has 1 aromatic heterocycles. The number of hydrogen-bond donors (Lipinski definition) is 1. The maximum Gasteiger partial charge on any atom is 0.195 e. The van der Waals surface area contributed by atoms with Gasteiger partial charge in [-0.25, -0.2) is 0 Å². The molecule has 1 rings (SSSR count). The van der Waals surface area contributed by atoms with E-state index in [2.05, 4.69) is 24.0 Å². The summed E-state index contributed by atoms with van der Waals surface area (Å²) in [6.45, 7) is 5.17. The first-order valence-corrected chi connectivity index (χ1v) is 4.84. The number of unbranched alkanes of at least 4 members (excludes halogenated alkanes) is 1. The fourth-order valence-electron chi connectivity index (χ4n) is 1.20. The fraction of sp³-hybridized carbons (Fsp3) is 0.750. The molecule has 0 saturated carbocycles. The first-order chi connectivity index (χ1) is 5.79. The lowest BCUT2D eigenvalue weighted by molar-refractivity contribution is 0.657. The molecule has 0 bridgehead atoms. The van der Waals surface area contributed by atoms with Crippen LogP contribution in [0.5, 0.6) is 0 Å². The Kier molecular flexibility index (Phi) is 3.47. The van der Waals surface area contributed by atoms with Crippen LogP contribution in [0.4, 0.5) is 0 Å². The maximum absolute atomic E-state index is 5.07. The van der Waals surface area contributed by atoms with Gasteiger partial charge in [-0.1, -0.05) is 13.3 Å². The van der Waals surface area contributed by atoms with Gasteiger partial charge in [-0.2, -0.15) is 5.10 Å². The maximum atomic E-state index is 5.07. The number of H-pyrrole nitrogens is 1. The summed E-state index contributed by atoms with van der Waals surface area (Å²) in [5.41, 5.74) is 0. The second-order valence-electron chi connectivity index (χ2n) is 2.79. The Morgan fingerprint density at radius 3 is 2.83 bits per heavy atom. The predicted octanol–water partition coefficient (Wildman–Crippen LogP) is 2.30. The molecule has 68 valence electrons. The summed E-state index contributed by atoms with van der Waals surface area (Å²) >= 11 is 5.07. The van der Waals surface area contributed by atoms with Gasteiger partial charge in [0.1, 0.15) is 5.82 Å². The molecule has 0 fully saturated rings. The normalized spacial score (nSPS) is 10.5. The Bertz CT molecular complexity index is 287. The average Bonchev–Trinajstić information content (AvgIpc) is 2.43. The predicted molar refractivity (Wildman–Crippen MR) is 51.7 cm³/mol. The van der Waals surface area contributed by atoms with E-state index in [-0.39, 0.29) is 0 Å². The summed E-state index contributed by atoms with van der Waals surface area (Å²) in [6, 6.07) is 0. The molecule has 0 aliphatic rings. The zero-order chi connectivity index (χ0) is 8.97. The number of aromatic nitrogens is 3. The quantitative estimate of drug-likeness (QED) is 0.730. The molecular formula is C8H15N3S. The summed E-state index contributed by atoms with van der Waals surface area (Å²) in [5, 5.41) is 6.98. The first kappa shape index (κ1) is 9.45. The van der Waals surface area contributed by atoms with Crippen molar-refractivity contribution in [1.29, 1.82) is 0 Å². The molecule has 0 aromatic carbocycles. The van der Waals surface area contributed by atoms with Crippen molar-refractivity contribution in [2.75, 3.05) is 0 Å². The molecule has 3 nitrogen and oxygen atoms in total. The van der Waals surface area contributed by atoms with Gasteiger partial charge >= 0.3 is 0 Å². The summed E-state index contributed by atoms with van der Waals surface area (Å²) in [6.07, 6.45) is 3.40. The van der Waals surface area contributed by atoms with Crippen LogP contribution < -0.4 is 0 Å². The number of hydrogen-bond acceptors (Lipinski definition) is 2. The fourth-order valence-corrected chi connectivity index (χ4v) is 1.48. The molecule has 0 spiro atoms. The molecule has 0 saturated heterocycles. The van der Waals surface area contributed by atoms with E-state index in [1.807, 2.05) is 4.57 Å². The molecule has 1 aromatic rings. The molecule has 1 heterocycles. The van der Waals surface area contributed by atoms with Gasteiger partial charge in [0.25, 0.3) is 0 Å². The SMILES string of the molecule is CCCCc1n[nH]c(=S)n1CC. The summed E-state index contributed by atoms with van der Waals surface area (Å²) in [7, 11) is 0. The number of nitrogens with one attached hydrogen (secondary N) is 1. The standard InChI is InChI=1S/C8H15N3S/c1-3-5-6-7-9-10-8(12)11(7)4-2/h3-6H2,1-2H3,(H,10,12). The molecule has 0 aliphatic heterocycles. The van der Waals surface area contributed by atoms with E-state index in [1.165, 1.54) is 12.8 Å². The summed E-state index contributed by atoms with van der Waals surface area (Å²) in [4.78, 5) is 0. The first-order valence-electron chi connectivity index (χ1n) is 4.43. The topological polar surface area (TPSA) is 33.6 Å². The second kappa shape index (κ2) is 4.40. The van der Waals surface area contributed by atoms with Gasteiger partial charge in [-0.15, -0.1) is 0 Å². The Balaban J connectivity index is 2.77. The van der Waals surface area contributed by atoms with E-state index >= 15 is 0 Å². The van der Waals surface area contributed by atoms with Gasteiger partial charge < -0.3 is 4.57 Å². The highest BCUT2D eigenvalue weighted by atomic mass is 32.1. The second-order valence-corrected chi connectivity index (χ2v) is 3.18. The summed E-state index contributed by atoms with van der Waals surface area (Å²) < 4.78 is 2.79. The van der Waals surface area contributed by atoms with E-state index in [0.717, 1.165) is 23.6 Å². The van der Waals surface area contributed by atoms with E-state index in [0.29, 0.717) is 0 Å². The van der Waals surface area contributed by atoms with Gasteiger partial charge in [-0.3, -0.25) is 5.10 Å². The number of nitrogens with zero attached hydrogens (tertiary/aromatic N) is 2. The molecule has 1 N–H and O–H groups in total. The van der Waals surface area contributed by atoms with Crippen LogP contribution in [0.15, 0.2) is 0 Å². The van der Waals surface area contributed by atoms with Crippen LogP contribution in [0.25, 0.3) is 0 Å². The lowest BCUT2D eigenvalue weighted by Crippen LogP contribution is -2.01. The zero-order valence-electron chi connectivity index (χ0n) is 7.63. The minimum Gasteiger partial charge on any atom is -0.304 e. The highest BCUT2D eigenvalue weighted by molar-refractivity contribution is 7.71. The van der Waals surface area contributed by atoms with E-state index in [9.17, 15) is 0 Å². The number of aromatic amines is 1. The molecule has 0 unspecified atom stereocenters. The molecule has 0 aliphatic carbocycles. The third-order valence-corrected chi connectivity index (χ3v) is 2.22. The molecule has 12 heavy (non-hydrogen) atoms. The number of rotatable bonds is 4. The Morgan fingerprint density at radius 2 is 2.25 bits per heavy atom. The van der Waals surface area contributed by atoms with Crippen LogP contribution in [-0.4, -0.2) is 14.8 Å². The van der Waals surface area contributed by atoms with Crippen molar-refractivity contribution in [3.05, 3.63) is 10.6 Å². The summed E-state index contributed by atoms with van der Waals surface area (Å²) in [5.74, 6) is 1.09. The van der Waals surface area contributed by atoms with Crippen molar-refractivity contribution in [3.63, 3.8) is 0 Å². The largest absolute Gasteiger partial charge is 0.304 e.